The van der Waals surface area contributed by atoms with Crippen molar-refractivity contribution >= 4 is 7.92 Å². The molecule has 0 aliphatic heterocycles. The number of nitrogens with zero attached hydrogens (tertiary/aromatic N) is 2. The second-order valence-corrected chi connectivity index (χ2v) is 3.47. The summed E-state index contributed by atoms with van der Waals surface area (Å²) < 4.78 is 10.3. The average molecular weight is 216 g/mol. The van der Waals surface area contributed by atoms with Gasteiger partial charge in [0.05, 0.1) is 6.33 Å². The molecule has 0 aliphatic carbocycles. The van der Waals surface area contributed by atoms with Crippen molar-refractivity contribution in [3.8, 4) is 5.75 Å². The maximum Gasteiger partial charge on any atom is 0.0919 e. The number of aromatic nitrogens is 2. The molecule has 1 rings (SSSR count). The third-order valence-electron chi connectivity index (χ3n) is 1.38. The zero-order valence-corrected chi connectivity index (χ0v) is 9.24. The van der Waals surface area contributed by atoms with Gasteiger partial charge in [-0.15, -0.1) is 0 Å². The van der Waals surface area contributed by atoms with Gasteiger partial charge in [0.2, 0.25) is 0 Å². The number of H-pyrrole nitrogens is 1. The van der Waals surface area contributed by atoms with E-state index in [0.29, 0.717) is 11.0 Å². The quantitative estimate of drug-likeness (QED) is 0.564. The zero-order valence-electron chi connectivity index (χ0n) is 8.34. The van der Waals surface area contributed by atoms with E-state index in [1.807, 2.05) is 14.1 Å². The van der Waals surface area contributed by atoms with Crippen molar-refractivity contribution in [3.63, 3.8) is 0 Å². The van der Waals surface area contributed by atoms with E-state index < -0.39 is 0 Å². The Kier molecular flexibility index (Phi) is 7.07. The van der Waals surface area contributed by atoms with E-state index in [9.17, 15) is 4.57 Å². The van der Waals surface area contributed by atoms with Gasteiger partial charge < -0.3 is 4.98 Å². The van der Waals surface area contributed by atoms with Gasteiger partial charge in [0.15, 0.2) is 0 Å². The van der Waals surface area contributed by atoms with E-state index in [1.54, 1.807) is 18.7 Å². The van der Waals surface area contributed by atoms with Crippen LogP contribution in [0, 0.1) is 5.75 Å². The van der Waals surface area contributed by atoms with E-state index in [4.69, 9.17) is 5.11 Å². The van der Waals surface area contributed by atoms with Crippen LogP contribution in [-0.2, 0) is 4.57 Å². The van der Waals surface area contributed by atoms with E-state index in [-0.39, 0.29) is 14.5 Å². The summed E-state index contributed by atoms with van der Waals surface area (Å²) in [6.07, 6.45) is 5.08. The fraction of sp³-hybridized carbons (Fsp3) is 0.500. The Balaban J connectivity index is 0.000000280. The molecule has 0 saturated carbocycles. The number of rotatable bonds is 2. The smallest absolute Gasteiger partial charge is 0.0919 e. The van der Waals surface area contributed by atoms with Gasteiger partial charge in [-0.05, 0) is 0 Å². The summed E-state index contributed by atoms with van der Waals surface area (Å²) in [6, 6.07) is 0. The van der Waals surface area contributed by atoms with Crippen molar-refractivity contribution in [1.29, 1.82) is 0 Å². The van der Waals surface area contributed by atoms with Gasteiger partial charge in [-0.1, -0.05) is 0 Å². The second kappa shape index (κ2) is 7.54. The molecular weight excluding hydrogens is 201 g/mol. The largest absolute Gasteiger partial charge is 0.351 e. The summed E-state index contributed by atoms with van der Waals surface area (Å²) in [5.74, 6) is 2.62. The molecule has 0 spiro atoms. The molecule has 1 heterocycles. The Morgan fingerprint density at radius 1 is 1.64 bits per heavy atom. The van der Waals surface area contributed by atoms with Gasteiger partial charge in [0.25, 0.3) is 0 Å². The standard InChI is InChI=1S/C5H11NO2P.C3H4N2/c1-6(2,3-4-7)5-9-8;1-2-5-3-4-1/h7H,3-4H2,1-2H3;1-3H,(H,4,5)/q+1;. The number of hydrogen-bond acceptors (Lipinski definition) is 3. The number of aliphatic hydroxyl groups excluding tert-OH is 1. The van der Waals surface area contributed by atoms with Crippen LogP contribution in [0.3, 0.4) is 0 Å². The predicted octanol–water partition coefficient (Wildman–Crippen LogP) is 0.673. The van der Waals surface area contributed by atoms with Crippen molar-refractivity contribution in [2.24, 2.45) is 0 Å². The fourth-order valence-corrected chi connectivity index (χ4v) is 0.947. The third-order valence-corrected chi connectivity index (χ3v) is 2.00. The van der Waals surface area contributed by atoms with Gasteiger partial charge in [0.1, 0.15) is 0 Å². The van der Waals surface area contributed by atoms with Gasteiger partial charge in [-0.3, -0.25) is 0 Å². The maximum absolute atomic E-state index is 9.98. The first kappa shape index (κ1) is 13.1. The minimum absolute atomic E-state index is 0.0928. The monoisotopic (exact) mass is 216 g/mol. The molecule has 78 valence electrons. The Morgan fingerprint density at radius 3 is 2.64 bits per heavy atom. The Morgan fingerprint density at radius 2 is 2.36 bits per heavy atom. The van der Waals surface area contributed by atoms with Crippen molar-refractivity contribution in [2.75, 3.05) is 27.2 Å². The van der Waals surface area contributed by atoms with Crippen LogP contribution in [0.2, 0.25) is 0 Å². The van der Waals surface area contributed by atoms with Crippen LogP contribution in [0.1, 0.15) is 0 Å². The van der Waals surface area contributed by atoms with Crippen LogP contribution >= 0.6 is 7.92 Å². The molecule has 0 unspecified atom stereocenters. The molecule has 5 nitrogen and oxygen atoms in total. The van der Waals surface area contributed by atoms with Crippen molar-refractivity contribution in [3.05, 3.63) is 18.7 Å². The van der Waals surface area contributed by atoms with Gasteiger partial charge in [-0.2, -0.15) is 0 Å². The van der Waals surface area contributed by atoms with Crippen molar-refractivity contribution in [1.82, 2.24) is 9.97 Å². The average Bonchev–Trinajstić information content (AvgIpc) is 2.59. The van der Waals surface area contributed by atoms with Gasteiger partial charge >= 0.3 is 55.1 Å². The van der Waals surface area contributed by atoms with Gasteiger partial charge in [-0.25, -0.2) is 4.98 Å². The summed E-state index contributed by atoms with van der Waals surface area (Å²) in [7, 11) is 3.54. The van der Waals surface area contributed by atoms with Gasteiger partial charge in [0, 0.05) is 12.4 Å². The molecule has 1 aromatic rings. The Hall–Kier alpha value is -0.860. The number of aliphatic hydroxyl groups is 1. The van der Waals surface area contributed by atoms with Crippen LogP contribution in [-0.4, -0.2) is 46.8 Å². The number of aromatic amines is 1. The molecule has 1 aromatic heterocycles. The number of likely N-dealkylation sites (N-methyl/N-ethyl adjacent to an activating group) is 1. The number of nitrogens with one attached hydrogen (secondary N) is 1. The SMILES string of the molecule is C[N+](C)(C#P=O)CCO.c1c[nH]cn1. The topological polar surface area (TPSA) is 66.0 Å². The molecule has 0 amide bonds. The molecule has 0 fully saturated rings. The summed E-state index contributed by atoms with van der Waals surface area (Å²) in [5, 5.41) is 8.47. The van der Waals surface area contributed by atoms with Crippen LogP contribution in [0.5, 0.6) is 0 Å². The molecule has 0 atom stereocenters. The fourth-order valence-electron chi connectivity index (χ4n) is 0.626. The van der Waals surface area contributed by atoms with E-state index in [0.717, 1.165) is 0 Å². The normalized spacial score (nSPS) is 9.64. The molecule has 0 saturated heterocycles. The van der Waals surface area contributed by atoms with Crippen LogP contribution in [0.15, 0.2) is 18.7 Å². The Labute approximate surface area is 84.5 Å². The van der Waals surface area contributed by atoms with Crippen LogP contribution in [0.25, 0.3) is 0 Å². The summed E-state index contributed by atoms with van der Waals surface area (Å²) in [6.45, 7) is 0.644. The third kappa shape index (κ3) is 7.77. The first-order valence-electron chi connectivity index (χ1n) is 4.08. The van der Waals surface area contributed by atoms with Crippen molar-refractivity contribution in [2.45, 2.75) is 0 Å². The molecule has 0 aliphatic rings. The number of quaternary nitrogens is 1. The molecular formula is C8H15N3O2P+. The first-order valence-corrected chi connectivity index (χ1v) is 4.90. The summed E-state index contributed by atoms with van der Waals surface area (Å²) in [4.78, 5) is 6.42. The molecule has 0 aromatic carbocycles. The van der Waals surface area contributed by atoms with Crippen molar-refractivity contribution < 1.29 is 14.2 Å². The maximum atomic E-state index is 9.98. The number of hydrogen-bond donors (Lipinski definition) is 2. The van der Waals surface area contributed by atoms with E-state index >= 15 is 0 Å². The minimum Gasteiger partial charge on any atom is -0.351 e. The minimum atomic E-state index is -0.105. The molecule has 0 radical (unpaired) electrons. The predicted molar refractivity (Wildman–Crippen MR) is 54.1 cm³/mol. The molecule has 14 heavy (non-hydrogen) atoms. The molecule has 6 heteroatoms. The Bertz CT molecular complexity index is 300. The van der Waals surface area contributed by atoms with Crippen LogP contribution in [0.4, 0.5) is 0 Å². The second-order valence-electron chi connectivity index (χ2n) is 3.08. The first-order chi connectivity index (χ1) is 6.62. The zero-order chi connectivity index (χ0) is 10.9. The van der Waals surface area contributed by atoms with E-state index in [2.05, 4.69) is 15.7 Å². The summed E-state index contributed by atoms with van der Waals surface area (Å²) in [5.41, 5.74) is 0. The van der Waals surface area contributed by atoms with Crippen LogP contribution < -0.4 is 0 Å². The van der Waals surface area contributed by atoms with E-state index in [1.165, 1.54) is 0 Å². The molecule has 0 bridgehead atoms. The molecule has 2 N–H and O–H groups in total. The number of imidazole rings is 1. The summed E-state index contributed by atoms with van der Waals surface area (Å²) >= 11 is 0.